The Morgan fingerprint density at radius 3 is 2.59 bits per heavy atom. The molecule has 22 heavy (non-hydrogen) atoms. The molecule has 1 aliphatic carbocycles. The van der Waals surface area contributed by atoms with Crippen LogP contribution in [-0.2, 0) is 9.47 Å². The molecule has 1 spiro atoms. The Morgan fingerprint density at radius 1 is 1.18 bits per heavy atom. The summed E-state index contributed by atoms with van der Waals surface area (Å²) in [6.07, 6.45) is 11.4. The van der Waals surface area contributed by atoms with Crippen LogP contribution >= 0.6 is 0 Å². The van der Waals surface area contributed by atoms with Crippen LogP contribution in [0.1, 0.15) is 71.1 Å². The summed E-state index contributed by atoms with van der Waals surface area (Å²) in [5.74, 6) is 0.522. The first-order valence-electron chi connectivity index (χ1n) is 9.32. The molecule has 0 aromatic rings. The van der Waals surface area contributed by atoms with Crippen molar-refractivity contribution < 1.29 is 14.3 Å². The second kappa shape index (κ2) is 7.20. The molecule has 4 heteroatoms. The number of carbonyl (C=O) groups excluding carboxylic acids is 1. The molecule has 0 unspecified atom stereocenters. The van der Waals surface area contributed by atoms with E-state index in [4.69, 9.17) is 9.47 Å². The average molecular weight is 309 g/mol. The lowest BCUT2D eigenvalue weighted by Crippen LogP contribution is -2.59. The summed E-state index contributed by atoms with van der Waals surface area (Å²) >= 11 is 0. The van der Waals surface area contributed by atoms with Gasteiger partial charge in [-0.1, -0.05) is 26.2 Å². The molecule has 4 nitrogen and oxygen atoms in total. The summed E-state index contributed by atoms with van der Waals surface area (Å²) in [5, 5.41) is 0. The number of unbranched alkanes of at least 4 members (excludes halogenated alkanes) is 1. The maximum absolute atomic E-state index is 12.6. The van der Waals surface area contributed by atoms with Gasteiger partial charge in [0, 0.05) is 31.7 Å². The second-order valence-corrected chi connectivity index (χ2v) is 7.33. The lowest BCUT2D eigenvalue weighted by molar-refractivity contribution is -0.123. The molecule has 2 aliphatic heterocycles. The van der Waals surface area contributed by atoms with E-state index < -0.39 is 0 Å². The second-order valence-electron chi connectivity index (χ2n) is 7.33. The van der Waals surface area contributed by atoms with Crippen molar-refractivity contribution in [1.82, 2.24) is 4.90 Å². The molecule has 3 aliphatic rings. The lowest BCUT2D eigenvalue weighted by atomic mass is 9.72. The highest BCUT2D eigenvalue weighted by Crippen LogP contribution is 2.44. The highest BCUT2D eigenvalue weighted by atomic mass is 16.6. The summed E-state index contributed by atoms with van der Waals surface area (Å²) in [7, 11) is 0. The molecule has 2 heterocycles. The van der Waals surface area contributed by atoms with Crippen molar-refractivity contribution in [3.63, 3.8) is 0 Å². The molecule has 3 fully saturated rings. The molecule has 1 saturated carbocycles. The maximum atomic E-state index is 12.6. The van der Waals surface area contributed by atoms with E-state index in [-0.39, 0.29) is 11.7 Å². The Kier molecular flexibility index (Phi) is 5.27. The van der Waals surface area contributed by atoms with Gasteiger partial charge in [0.2, 0.25) is 0 Å². The molecular weight excluding hydrogens is 278 g/mol. The molecule has 0 aromatic carbocycles. The number of carbonyl (C=O) groups is 1. The zero-order chi connectivity index (χ0) is 15.4. The van der Waals surface area contributed by atoms with Gasteiger partial charge in [-0.3, -0.25) is 0 Å². The number of hydrogen-bond donors (Lipinski definition) is 0. The zero-order valence-corrected chi connectivity index (χ0v) is 14.0. The number of amides is 1. The minimum atomic E-state index is -0.147. The standard InChI is InChI=1S/C18H31NO3/c1-2-3-7-15-14-19(16-8-12-21-13-9-16)17(20)22-18(15)10-5-4-6-11-18/h15-16H,2-14H2,1H3/t15-/m0/s1. The number of hydrogen-bond acceptors (Lipinski definition) is 3. The van der Waals surface area contributed by atoms with E-state index in [0.29, 0.717) is 12.0 Å². The van der Waals surface area contributed by atoms with Crippen molar-refractivity contribution in [3.8, 4) is 0 Å². The first-order valence-corrected chi connectivity index (χ1v) is 9.32. The quantitative estimate of drug-likeness (QED) is 0.784. The first-order chi connectivity index (χ1) is 10.7. The number of rotatable bonds is 4. The van der Waals surface area contributed by atoms with E-state index in [1.165, 1.54) is 38.5 Å². The van der Waals surface area contributed by atoms with Crippen LogP contribution in [0.5, 0.6) is 0 Å². The van der Waals surface area contributed by atoms with Gasteiger partial charge in [-0.05, 0) is 44.9 Å². The predicted molar refractivity (Wildman–Crippen MR) is 85.9 cm³/mol. The van der Waals surface area contributed by atoms with Crippen LogP contribution in [0.25, 0.3) is 0 Å². The molecule has 3 rings (SSSR count). The zero-order valence-electron chi connectivity index (χ0n) is 14.0. The van der Waals surface area contributed by atoms with Gasteiger partial charge in [0.05, 0.1) is 0 Å². The largest absolute Gasteiger partial charge is 0.442 e. The third kappa shape index (κ3) is 3.27. The topological polar surface area (TPSA) is 38.8 Å². The maximum Gasteiger partial charge on any atom is 0.410 e. The van der Waals surface area contributed by atoms with Crippen LogP contribution in [0.4, 0.5) is 4.79 Å². The van der Waals surface area contributed by atoms with Crippen LogP contribution in [0.3, 0.4) is 0 Å². The Labute approximate surface area is 134 Å². The van der Waals surface area contributed by atoms with E-state index in [0.717, 1.165) is 45.4 Å². The van der Waals surface area contributed by atoms with Crippen LogP contribution in [0, 0.1) is 5.92 Å². The van der Waals surface area contributed by atoms with Crippen molar-refractivity contribution in [2.75, 3.05) is 19.8 Å². The van der Waals surface area contributed by atoms with Crippen molar-refractivity contribution in [1.29, 1.82) is 0 Å². The average Bonchev–Trinajstić information content (AvgIpc) is 2.56. The molecule has 0 radical (unpaired) electrons. The normalized spacial score (nSPS) is 29.6. The number of ether oxygens (including phenoxy) is 2. The Morgan fingerprint density at radius 2 is 1.91 bits per heavy atom. The molecule has 0 aromatic heterocycles. The van der Waals surface area contributed by atoms with Crippen LogP contribution in [0.2, 0.25) is 0 Å². The fraction of sp³-hybridized carbons (Fsp3) is 0.944. The lowest BCUT2D eigenvalue weighted by Gasteiger charge is -2.51. The third-order valence-electron chi connectivity index (χ3n) is 5.92. The van der Waals surface area contributed by atoms with Gasteiger partial charge in [0.15, 0.2) is 0 Å². The molecule has 0 bridgehead atoms. The first kappa shape index (κ1) is 16.1. The van der Waals surface area contributed by atoms with E-state index in [2.05, 4.69) is 6.92 Å². The molecule has 1 amide bonds. The van der Waals surface area contributed by atoms with Gasteiger partial charge in [-0.2, -0.15) is 0 Å². The van der Waals surface area contributed by atoms with Crippen LogP contribution in [-0.4, -0.2) is 42.4 Å². The number of nitrogens with zero attached hydrogens (tertiary/aromatic N) is 1. The smallest absolute Gasteiger partial charge is 0.410 e. The highest BCUT2D eigenvalue weighted by Gasteiger charge is 2.49. The monoisotopic (exact) mass is 309 g/mol. The molecular formula is C18H31NO3. The van der Waals surface area contributed by atoms with Crippen molar-refractivity contribution in [2.45, 2.75) is 82.8 Å². The Bertz CT molecular complexity index is 373. The van der Waals surface area contributed by atoms with Gasteiger partial charge in [-0.25, -0.2) is 4.79 Å². The van der Waals surface area contributed by atoms with E-state index in [1.807, 2.05) is 4.90 Å². The predicted octanol–water partition coefficient (Wildman–Crippen LogP) is 4.13. The van der Waals surface area contributed by atoms with Gasteiger partial charge >= 0.3 is 6.09 Å². The van der Waals surface area contributed by atoms with Crippen molar-refractivity contribution >= 4 is 6.09 Å². The summed E-state index contributed by atoms with van der Waals surface area (Å²) in [5.41, 5.74) is -0.147. The van der Waals surface area contributed by atoms with E-state index in [9.17, 15) is 4.79 Å². The highest BCUT2D eigenvalue weighted by molar-refractivity contribution is 5.69. The SMILES string of the molecule is CCCC[C@H]1CN(C2CCOCC2)C(=O)OC12CCCCC2. The molecule has 2 saturated heterocycles. The molecule has 0 N–H and O–H groups in total. The van der Waals surface area contributed by atoms with Crippen LogP contribution < -0.4 is 0 Å². The van der Waals surface area contributed by atoms with Gasteiger partial charge in [0.25, 0.3) is 0 Å². The Balaban J connectivity index is 1.73. The van der Waals surface area contributed by atoms with Gasteiger partial charge in [-0.15, -0.1) is 0 Å². The summed E-state index contributed by atoms with van der Waals surface area (Å²) in [4.78, 5) is 14.7. The summed E-state index contributed by atoms with van der Waals surface area (Å²) in [6.45, 7) is 4.71. The van der Waals surface area contributed by atoms with Crippen molar-refractivity contribution in [3.05, 3.63) is 0 Å². The third-order valence-corrected chi connectivity index (χ3v) is 5.92. The fourth-order valence-corrected chi connectivity index (χ4v) is 4.55. The van der Waals surface area contributed by atoms with Gasteiger partial charge < -0.3 is 14.4 Å². The fourth-order valence-electron chi connectivity index (χ4n) is 4.55. The molecule has 1 atom stereocenters. The minimum Gasteiger partial charge on any atom is -0.442 e. The van der Waals surface area contributed by atoms with E-state index >= 15 is 0 Å². The van der Waals surface area contributed by atoms with Crippen LogP contribution in [0.15, 0.2) is 0 Å². The molecule has 126 valence electrons. The summed E-state index contributed by atoms with van der Waals surface area (Å²) in [6, 6.07) is 0.325. The van der Waals surface area contributed by atoms with E-state index in [1.54, 1.807) is 0 Å². The Hall–Kier alpha value is -0.770. The summed E-state index contributed by atoms with van der Waals surface area (Å²) < 4.78 is 11.6. The van der Waals surface area contributed by atoms with Gasteiger partial charge in [0.1, 0.15) is 5.60 Å². The van der Waals surface area contributed by atoms with Crippen molar-refractivity contribution in [2.24, 2.45) is 5.92 Å². The minimum absolute atomic E-state index is 0.0541.